The van der Waals surface area contributed by atoms with Gasteiger partial charge >= 0.3 is 0 Å². The summed E-state index contributed by atoms with van der Waals surface area (Å²) in [6.07, 6.45) is 0. The predicted octanol–water partition coefficient (Wildman–Crippen LogP) is 5.91. The van der Waals surface area contributed by atoms with E-state index in [0.717, 1.165) is 22.1 Å². The van der Waals surface area contributed by atoms with Crippen molar-refractivity contribution in [1.29, 1.82) is 0 Å². The van der Waals surface area contributed by atoms with E-state index < -0.39 is 0 Å². The van der Waals surface area contributed by atoms with Crippen molar-refractivity contribution in [3.8, 4) is 0 Å². The molecular formula is C18H23ClN2. The van der Waals surface area contributed by atoms with Crippen LogP contribution in [-0.4, -0.2) is 0 Å². The number of nitrogen functional groups attached to an aromatic ring is 1. The summed E-state index contributed by atoms with van der Waals surface area (Å²) in [7, 11) is 0. The highest BCUT2D eigenvalue weighted by atomic mass is 35.5. The van der Waals surface area contributed by atoms with E-state index in [1.54, 1.807) is 0 Å². The summed E-state index contributed by atoms with van der Waals surface area (Å²) in [6.45, 7) is 8.70. The number of nitrogens with one attached hydrogen (secondary N) is 1. The highest BCUT2D eigenvalue weighted by molar-refractivity contribution is 6.30. The van der Waals surface area contributed by atoms with Crippen LogP contribution in [0.3, 0.4) is 0 Å². The first kappa shape index (κ1) is 15.7. The summed E-state index contributed by atoms with van der Waals surface area (Å²) in [4.78, 5) is 0. The van der Waals surface area contributed by atoms with Gasteiger partial charge in [0, 0.05) is 10.7 Å². The highest BCUT2D eigenvalue weighted by Crippen LogP contribution is 2.38. The van der Waals surface area contributed by atoms with Crippen LogP contribution in [0.4, 0.5) is 17.1 Å². The number of anilines is 3. The Bertz CT molecular complexity index is 604. The van der Waals surface area contributed by atoms with E-state index in [4.69, 9.17) is 17.3 Å². The molecule has 0 aliphatic rings. The molecule has 0 fully saturated rings. The smallest absolute Gasteiger partial charge is 0.0618 e. The average molecular weight is 303 g/mol. The topological polar surface area (TPSA) is 38.0 Å². The number of benzene rings is 2. The summed E-state index contributed by atoms with van der Waals surface area (Å²) in [5.74, 6) is 0.766. The van der Waals surface area contributed by atoms with E-state index in [1.807, 2.05) is 36.4 Å². The molecule has 2 rings (SSSR count). The third-order valence-electron chi connectivity index (χ3n) is 3.63. The fourth-order valence-corrected chi connectivity index (χ4v) is 2.69. The summed E-state index contributed by atoms with van der Waals surface area (Å²) in [6, 6.07) is 11.9. The number of hydrogen-bond donors (Lipinski definition) is 2. The lowest BCUT2D eigenvalue weighted by Gasteiger charge is -2.22. The van der Waals surface area contributed by atoms with Gasteiger partial charge in [-0.3, -0.25) is 0 Å². The molecule has 0 aliphatic heterocycles. The molecule has 2 nitrogen and oxygen atoms in total. The molecule has 0 saturated heterocycles. The van der Waals surface area contributed by atoms with Crippen molar-refractivity contribution >= 4 is 28.7 Å². The minimum atomic E-state index is 0.383. The van der Waals surface area contributed by atoms with Crippen LogP contribution in [0.1, 0.15) is 50.7 Å². The first-order chi connectivity index (χ1) is 9.90. The van der Waals surface area contributed by atoms with Crippen LogP contribution in [0.5, 0.6) is 0 Å². The zero-order valence-electron chi connectivity index (χ0n) is 13.1. The van der Waals surface area contributed by atoms with Gasteiger partial charge in [-0.1, -0.05) is 51.4 Å². The molecule has 0 saturated carbocycles. The molecule has 0 aliphatic carbocycles. The largest absolute Gasteiger partial charge is 0.397 e. The number of hydrogen-bond acceptors (Lipinski definition) is 2. The molecule has 112 valence electrons. The van der Waals surface area contributed by atoms with Crippen molar-refractivity contribution in [2.75, 3.05) is 11.1 Å². The van der Waals surface area contributed by atoms with Crippen molar-refractivity contribution in [2.24, 2.45) is 0 Å². The number of para-hydroxylation sites is 2. The van der Waals surface area contributed by atoms with Crippen LogP contribution in [0, 0.1) is 0 Å². The van der Waals surface area contributed by atoms with Crippen molar-refractivity contribution in [2.45, 2.75) is 39.5 Å². The summed E-state index contributed by atoms with van der Waals surface area (Å²) < 4.78 is 0. The normalized spacial score (nSPS) is 11.2. The van der Waals surface area contributed by atoms with Gasteiger partial charge in [-0.05, 0) is 47.2 Å². The Balaban J connectivity index is 2.57. The van der Waals surface area contributed by atoms with Gasteiger partial charge in [-0.25, -0.2) is 0 Å². The van der Waals surface area contributed by atoms with Crippen molar-refractivity contribution in [3.05, 3.63) is 52.5 Å². The Morgan fingerprint density at radius 2 is 1.48 bits per heavy atom. The molecule has 3 heteroatoms. The Labute approximate surface area is 132 Å². The van der Waals surface area contributed by atoms with Crippen LogP contribution < -0.4 is 11.1 Å². The van der Waals surface area contributed by atoms with E-state index >= 15 is 0 Å². The van der Waals surface area contributed by atoms with Gasteiger partial charge in [0.25, 0.3) is 0 Å². The minimum absolute atomic E-state index is 0.383. The number of rotatable bonds is 4. The molecule has 21 heavy (non-hydrogen) atoms. The maximum absolute atomic E-state index is 6.29. The van der Waals surface area contributed by atoms with Gasteiger partial charge in [-0.15, -0.1) is 0 Å². The molecule has 3 N–H and O–H groups in total. The molecule has 0 unspecified atom stereocenters. The lowest BCUT2D eigenvalue weighted by Crippen LogP contribution is -2.05. The van der Waals surface area contributed by atoms with Crippen molar-refractivity contribution in [1.82, 2.24) is 0 Å². The summed E-state index contributed by atoms with van der Waals surface area (Å²) >= 11 is 6.29. The van der Waals surface area contributed by atoms with Crippen molar-refractivity contribution in [3.63, 3.8) is 0 Å². The molecule has 0 heterocycles. The SMILES string of the molecule is CC(C)c1cc(Cl)cc(C(C)C)c1Nc1ccccc1N. The van der Waals surface area contributed by atoms with Gasteiger partial charge in [0.05, 0.1) is 11.4 Å². The standard InChI is InChI=1S/C18H23ClN2/c1-11(2)14-9-13(19)10-15(12(3)4)18(14)21-17-8-6-5-7-16(17)20/h5-12,21H,20H2,1-4H3. The first-order valence-electron chi connectivity index (χ1n) is 7.35. The minimum Gasteiger partial charge on any atom is -0.397 e. The molecule has 0 aromatic heterocycles. The fraction of sp³-hybridized carbons (Fsp3) is 0.333. The zero-order chi connectivity index (χ0) is 15.6. The van der Waals surface area contributed by atoms with Gasteiger partial charge in [-0.2, -0.15) is 0 Å². The lowest BCUT2D eigenvalue weighted by atomic mass is 9.92. The molecule has 2 aromatic carbocycles. The average Bonchev–Trinajstić information content (AvgIpc) is 2.42. The van der Waals surface area contributed by atoms with E-state index in [1.165, 1.54) is 11.1 Å². The molecule has 0 atom stereocenters. The molecule has 0 radical (unpaired) electrons. The number of nitrogens with two attached hydrogens (primary N) is 1. The monoisotopic (exact) mass is 302 g/mol. The zero-order valence-corrected chi connectivity index (χ0v) is 13.8. The molecule has 0 bridgehead atoms. The van der Waals surface area contributed by atoms with Crippen molar-refractivity contribution < 1.29 is 0 Å². The van der Waals surface area contributed by atoms with E-state index in [0.29, 0.717) is 11.8 Å². The second-order valence-electron chi connectivity index (χ2n) is 5.98. The van der Waals surface area contributed by atoms with Gasteiger partial charge in [0.1, 0.15) is 0 Å². The third kappa shape index (κ3) is 3.51. The highest BCUT2D eigenvalue weighted by Gasteiger charge is 2.16. The van der Waals surface area contributed by atoms with Crippen LogP contribution in [0.25, 0.3) is 0 Å². The maximum atomic E-state index is 6.29. The summed E-state index contributed by atoms with van der Waals surface area (Å²) in [5.41, 5.74) is 11.3. The van der Waals surface area contributed by atoms with Crippen LogP contribution in [-0.2, 0) is 0 Å². The van der Waals surface area contributed by atoms with E-state index in [9.17, 15) is 0 Å². The molecule has 2 aromatic rings. The number of halogens is 1. The Kier molecular flexibility index (Phi) is 4.79. The van der Waals surface area contributed by atoms with Crippen LogP contribution >= 0.6 is 11.6 Å². The van der Waals surface area contributed by atoms with Crippen LogP contribution in [0.2, 0.25) is 5.02 Å². The molecule has 0 spiro atoms. The Morgan fingerprint density at radius 3 is 1.95 bits per heavy atom. The van der Waals surface area contributed by atoms with Crippen LogP contribution in [0.15, 0.2) is 36.4 Å². The summed E-state index contributed by atoms with van der Waals surface area (Å²) in [5, 5.41) is 4.30. The second-order valence-corrected chi connectivity index (χ2v) is 6.42. The third-order valence-corrected chi connectivity index (χ3v) is 3.85. The molecular weight excluding hydrogens is 280 g/mol. The van der Waals surface area contributed by atoms with Gasteiger partial charge in [0.2, 0.25) is 0 Å². The second kappa shape index (κ2) is 6.40. The Morgan fingerprint density at radius 1 is 0.952 bits per heavy atom. The molecule has 0 amide bonds. The van der Waals surface area contributed by atoms with Gasteiger partial charge in [0.15, 0.2) is 0 Å². The Hall–Kier alpha value is -1.67. The maximum Gasteiger partial charge on any atom is 0.0618 e. The van der Waals surface area contributed by atoms with E-state index in [-0.39, 0.29) is 0 Å². The first-order valence-corrected chi connectivity index (χ1v) is 7.72. The quantitative estimate of drug-likeness (QED) is 0.689. The van der Waals surface area contributed by atoms with E-state index in [2.05, 4.69) is 33.0 Å². The predicted molar refractivity (Wildman–Crippen MR) is 93.8 cm³/mol. The lowest BCUT2D eigenvalue weighted by molar-refractivity contribution is 0.838. The van der Waals surface area contributed by atoms with Gasteiger partial charge < -0.3 is 11.1 Å². The fourth-order valence-electron chi connectivity index (χ4n) is 2.45.